The Bertz CT molecular complexity index is 1730. The first-order chi connectivity index (χ1) is 21.0. The number of carboxylic acid groups (broad SMARTS) is 1. The number of thiophene rings is 1. The third kappa shape index (κ3) is 8.03. The summed E-state index contributed by atoms with van der Waals surface area (Å²) in [6, 6.07) is 29.0. The number of carboxylic acids is 1. The average molecular weight is 635 g/mol. The number of hydrogen-bond acceptors (Lipinski definition) is 5. The fourth-order valence-electron chi connectivity index (χ4n) is 4.49. The number of aliphatic carboxylic acids is 1. The molecule has 0 saturated carbocycles. The fourth-order valence-corrected chi connectivity index (χ4v) is 6.78. The predicted octanol–water partition coefficient (Wildman–Crippen LogP) is 10.1. The molecule has 1 aromatic heterocycles. The van der Waals surface area contributed by atoms with E-state index in [9.17, 15) is 18.0 Å². The molecule has 1 heterocycles. The summed E-state index contributed by atoms with van der Waals surface area (Å²) >= 11 is 3.13. The second kappa shape index (κ2) is 13.6. The Morgan fingerprint density at radius 2 is 1.45 bits per heavy atom. The third-order valence-corrected chi connectivity index (χ3v) is 9.32. The van der Waals surface area contributed by atoms with Gasteiger partial charge in [0.1, 0.15) is 18.1 Å². The van der Waals surface area contributed by atoms with Gasteiger partial charge in [-0.3, -0.25) is 0 Å². The smallest absolute Gasteiger partial charge is 0.416 e. The number of rotatable bonds is 11. The van der Waals surface area contributed by atoms with Gasteiger partial charge in [0.15, 0.2) is 6.61 Å². The molecule has 4 nitrogen and oxygen atoms in total. The molecule has 0 atom stereocenters. The van der Waals surface area contributed by atoms with Crippen LogP contribution >= 0.6 is 23.1 Å². The lowest BCUT2D eigenvalue weighted by Crippen LogP contribution is -2.09. The number of aryl methyl sites for hydroxylation is 2. The van der Waals surface area contributed by atoms with E-state index in [0.717, 1.165) is 49.0 Å². The summed E-state index contributed by atoms with van der Waals surface area (Å²) in [6.07, 6.45) is -4.39. The number of hydrogen-bond donors (Lipinski definition) is 1. The fraction of sp³-hybridized carbons (Fsp3) is 0.171. The molecular formula is C35H29F3O4S2. The van der Waals surface area contributed by atoms with Crippen LogP contribution in [0.4, 0.5) is 13.2 Å². The monoisotopic (exact) mass is 634 g/mol. The van der Waals surface area contributed by atoms with Crippen LogP contribution in [-0.2, 0) is 23.3 Å². The highest BCUT2D eigenvalue weighted by molar-refractivity contribution is 7.98. The number of thioether (sulfide) groups is 1. The molecule has 0 amide bonds. The molecule has 0 spiro atoms. The van der Waals surface area contributed by atoms with Crippen LogP contribution in [0.2, 0.25) is 0 Å². The van der Waals surface area contributed by atoms with E-state index in [1.54, 1.807) is 17.8 Å². The Labute approximate surface area is 262 Å². The average Bonchev–Trinajstić information content (AvgIpc) is 3.42. The zero-order valence-corrected chi connectivity index (χ0v) is 25.6. The van der Waals surface area contributed by atoms with Crippen LogP contribution < -0.4 is 9.47 Å². The number of halogens is 3. The molecule has 1 N–H and O–H groups in total. The maximum atomic E-state index is 13.1. The van der Waals surface area contributed by atoms with Crippen LogP contribution in [0, 0.1) is 13.8 Å². The summed E-state index contributed by atoms with van der Waals surface area (Å²) in [4.78, 5) is 13.7. The van der Waals surface area contributed by atoms with E-state index in [0.29, 0.717) is 29.4 Å². The minimum absolute atomic E-state index is 0.303. The van der Waals surface area contributed by atoms with Crippen LogP contribution in [0.1, 0.15) is 27.1 Å². The van der Waals surface area contributed by atoms with Crippen molar-refractivity contribution >= 4 is 29.1 Å². The molecule has 0 radical (unpaired) electrons. The third-order valence-electron chi connectivity index (χ3n) is 6.89. The van der Waals surface area contributed by atoms with Crippen molar-refractivity contribution in [1.29, 1.82) is 0 Å². The highest BCUT2D eigenvalue weighted by atomic mass is 32.2. The molecule has 0 unspecified atom stereocenters. The van der Waals surface area contributed by atoms with Crippen LogP contribution in [0.3, 0.4) is 0 Å². The maximum absolute atomic E-state index is 13.1. The number of carbonyl (C=O) groups is 1. The van der Waals surface area contributed by atoms with E-state index in [1.807, 2.05) is 49.4 Å². The van der Waals surface area contributed by atoms with Gasteiger partial charge < -0.3 is 14.6 Å². The molecule has 226 valence electrons. The molecule has 5 aromatic rings. The van der Waals surface area contributed by atoms with E-state index in [2.05, 4.69) is 31.2 Å². The van der Waals surface area contributed by atoms with Gasteiger partial charge in [0.2, 0.25) is 0 Å². The molecule has 0 fully saturated rings. The van der Waals surface area contributed by atoms with Crippen molar-refractivity contribution in [2.24, 2.45) is 0 Å². The molecule has 0 aliphatic heterocycles. The Balaban J connectivity index is 1.34. The van der Waals surface area contributed by atoms with E-state index in [4.69, 9.17) is 14.6 Å². The molecular weight excluding hydrogens is 606 g/mol. The normalized spacial score (nSPS) is 11.4. The van der Waals surface area contributed by atoms with Crippen molar-refractivity contribution in [3.8, 4) is 33.1 Å². The molecule has 0 bridgehead atoms. The van der Waals surface area contributed by atoms with Crippen molar-refractivity contribution in [3.63, 3.8) is 0 Å². The summed E-state index contributed by atoms with van der Waals surface area (Å²) in [5.74, 6) is 0.807. The van der Waals surface area contributed by atoms with Gasteiger partial charge >= 0.3 is 12.1 Å². The highest BCUT2D eigenvalue weighted by Gasteiger charge is 2.30. The van der Waals surface area contributed by atoms with Crippen molar-refractivity contribution in [2.45, 2.75) is 37.3 Å². The van der Waals surface area contributed by atoms with Gasteiger partial charge in [-0.2, -0.15) is 13.2 Å². The summed E-state index contributed by atoms with van der Waals surface area (Å²) < 4.78 is 50.9. The summed E-state index contributed by atoms with van der Waals surface area (Å²) in [5.41, 5.74) is 5.21. The quantitative estimate of drug-likeness (QED) is 0.147. The maximum Gasteiger partial charge on any atom is 0.416 e. The van der Waals surface area contributed by atoms with Gasteiger partial charge in [-0.25, -0.2) is 4.79 Å². The van der Waals surface area contributed by atoms with E-state index >= 15 is 0 Å². The second-order valence-electron chi connectivity index (χ2n) is 10.2. The molecule has 4 aromatic carbocycles. The zero-order valence-electron chi connectivity index (χ0n) is 24.0. The van der Waals surface area contributed by atoms with Crippen molar-refractivity contribution in [3.05, 3.63) is 124 Å². The Hall–Kier alpha value is -4.21. The van der Waals surface area contributed by atoms with E-state index in [-0.39, 0.29) is 0 Å². The van der Waals surface area contributed by atoms with Gasteiger partial charge in [-0.15, -0.1) is 23.1 Å². The first-order valence-corrected chi connectivity index (χ1v) is 15.5. The lowest BCUT2D eigenvalue weighted by Gasteiger charge is -2.10. The van der Waals surface area contributed by atoms with Gasteiger partial charge in [0.25, 0.3) is 0 Å². The minimum Gasteiger partial charge on any atom is -0.489 e. The topological polar surface area (TPSA) is 55.8 Å². The van der Waals surface area contributed by atoms with Crippen molar-refractivity contribution in [1.82, 2.24) is 0 Å². The van der Waals surface area contributed by atoms with Crippen LogP contribution in [0.15, 0.2) is 102 Å². The lowest BCUT2D eigenvalue weighted by atomic mass is 10.0. The highest BCUT2D eigenvalue weighted by Crippen LogP contribution is 2.38. The van der Waals surface area contributed by atoms with Gasteiger partial charge in [-0.1, -0.05) is 54.1 Å². The molecule has 0 aliphatic carbocycles. The Morgan fingerprint density at radius 1 is 0.818 bits per heavy atom. The van der Waals surface area contributed by atoms with Crippen LogP contribution in [0.5, 0.6) is 11.5 Å². The lowest BCUT2D eigenvalue weighted by molar-refractivity contribution is -0.139. The van der Waals surface area contributed by atoms with E-state index in [1.165, 1.54) is 29.0 Å². The molecule has 0 aliphatic rings. The first kappa shape index (κ1) is 31.2. The van der Waals surface area contributed by atoms with Crippen molar-refractivity contribution in [2.75, 3.05) is 6.61 Å². The predicted molar refractivity (Wildman–Crippen MR) is 170 cm³/mol. The van der Waals surface area contributed by atoms with Crippen LogP contribution in [0.25, 0.3) is 21.6 Å². The summed E-state index contributed by atoms with van der Waals surface area (Å²) in [7, 11) is 0. The number of ether oxygens (including phenoxy) is 2. The van der Waals surface area contributed by atoms with Gasteiger partial charge in [0, 0.05) is 26.0 Å². The van der Waals surface area contributed by atoms with Crippen molar-refractivity contribution < 1.29 is 32.5 Å². The molecule has 5 rings (SSSR count). The molecule has 44 heavy (non-hydrogen) atoms. The van der Waals surface area contributed by atoms with Gasteiger partial charge in [-0.05, 0) is 84.6 Å². The number of alkyl halides is 3. The zero-order chi connectivity index (χ0) is 31.3. The molecule has 9 heteroatoms. The SMILES string of the molecule is Cc1ccc(-c2ccc(OCc3cc(-c4ccc(C(F)(F)F)cc4)sc3CSc3ccc(OCC(=O)O)c(C)c3)cc2)cc1. The summed E-state index contributed by atoms with van der Waals surface area (Å²) in [6.45, 7) is 3.81. The largest absolute Gasteiger partial charge is 0.489 e. The van der Waals surface area contributed by atoms with E-state index < -0.39 is 24.3 Å². The Morgan fingerprint density at radius 3 is 2.07 bits per heavy atom. The molecule has 0 saturated heterocycles. The first-order valence-electron chi connectivity index (χ1n) is 13.7. The van der Waals surface area contributed by atoms with Crippen LogP contribution in [-0.4, -0.2) is 17.7 Å². The van der Waals surface area contributed by atoms with Gasteiger partial charge in [0.05, 0.1) is 5.56 Å². The second-order valence-corrected chi connectivity index (χ2v) is 12.4. The Kier molecular flexibility index (Phi) is 9.66. The standard InChI is InChI=1S/C35H29F3O4S2/c1-22-3-5-24(6-4-22)25-9-13-29(14-10-25)41-19-27-18-32(26-7-11-28(12-8-26)35(36,37)38)44-33(27)21-43-30-15-16-31(23(2)17-30)42-20-34(39)40/h3-18H,19-21H2,1-2H3,(H,39,40). The number of benzene rings is 4. The summed E-state index contributed by atoms with van der Waals surface area (Å²) in [5, 5.41) is 8.89. The minimum atomic E-state index is -4.39.